The molecule has 0 aliphatic carbocycles. The molecule has 1 fully saturated rings. The summed E-state index contributed by atoms with van der Waals surface area (Å²) in [6.45, 7) is 1.98. The van der Waals surface area contributed by atoms with Gasteiger partial charge in [-0.05, 0) is 77.1 Å². The number of piperidine rings is 1. The van der Waals surface area contributed by atoms with Gasteiger partial charge < -0.3 is 10.6 Å². The first-order chi connectivity index (χ1) is 22.9. The van der Waals surface area contributed by atoms with Crippen LogP contribution in [0.5, 0.6) is 0 Å². The first-order valence-corrected chi connectivity index (χ1v) is 15.4. The van der Waals surface area contributed by atoms with Gasteiger partial charge >= 0.3 is 18.5 Å². The average Bonchev–Trinajstić information content (AvgIpc) is 3.47. The van der Waals surface area contributed by atoms with E-state index in [1.165, 1.54) is 18.0 Å². The zero-order chi connectivity index (χ0) is 35.8. The van der Waals surface area contributed by atoms with Crippen LogP contribution in [0.1, 0.15) is 71.2 Å². The highest BCUT2D eigenvalue weighted by Crippen LogP contribution is 2.40. The first kappa shape index (κ1) is 36.1. The Balaban J connectivity index is 1.53. The van der Waals surface area contributed by atoms with E-state index in [1.807, 2.05) is 37.3 Å². The summed E-state index contributed by atoms with van der Waals surface area (Å²) >= 11 is 0. The van der Waals surface area contributed by atoms with Crippen LogP contribution in [-0.4, -0.2) is 38.2 Å². The minimum absolute atomic E-state index is 0.0115. The third-order valence-corrected chi connectivity index (χ3v) is 8.86. The summed E-state index contributed by atoms with van der Waals surface area (Å²) in [7, 11) is 1.40. The van der Waals surface area contributed by atoms with Crippen LogP contribution in [0.3, 0.4) is 0 Å². The molecule has 49 heavy (non-hydrogen) atoms. The Bertz CT molecular complexity index is 1690. The number of halogens is 9. The van der Waals surface area contributed by atoms with E-state index < -0.39 is 52.9 Å². The van der Waals surface area contributed by atoms with E-state index in [2.05, 4.69) is 20.3 Å². The molecular formula is C33H34F9N7. The molecule has 2 heterocycles. The molecule has 2 N–H and O–H groups in total. The van der Waals surface area contributed by atoms with Gasteiger partial charge in [0, 0.05) is 37.8 Å². The topological polar surface area (TPSA) is 76.1 Å². The molecule has 5 rings (SSSR count). The monoisotopic (exact) mass is 699 g/mol. The number of rotatable bonds is 9. The molecule has 4 aromatic rings. The lowest BCUT2D eigenvalue weighted by atomic mass is 9.81. The number of aromatic nitrogens is 4. The molecule has 0 spiro atoms. The number of hydrogen-bond acceptors (Lipinski definition) is 6. The molecule has 1 aromatic heterocycles. The largest absolute Gasteiger partial charge is 0.416 e. The lowest BCUT2D eigenvalue weighted by molar-refractivity contribution is -0.143. The smallest absolute Gasteiger partial charge is 0.330 e. The standard InChI is InChI=1S/C33H34F9N7/c1-3-28(48-13-11-30(43,12-14-48)23-7-5-4-6-8-23)27-10-9-24(31(34,35)36)17-22(27)20-49(29-44-46-47(2)45-29)19-21-15-25(32(37,38)39)18-26(16-21)33(40,41)42/h4-10,15-18,28H,3,11-14,19-20,43H2,1-2H3. The summed E-state index contributed by atoms with van der Waals surface area (Å²) in [4.78, 5) is 4.37. The Morgan fingerprint density at radius 3 is 1.90 bits per heavy atom. The number of anilines is 1. The number of likely N-dealkylation sites (tertiary alicyclic amines) is 1. The maximum atomic E-state index is 14.0. The number of aryl methyl sites for hydroxylation is 1. The van der Waals surface area contributed by atoms with Crippen LogP contribution in [0.25, 0.3) is 0 Å². The van der Waals surface area contributed by atoms with Gasteiger partial charge in [-0.15, -0.1) is 5.10 Å². The molecular weight excluding hydrogens is 665 g/mol. The third kappa shape index (κ3) is 8.35. The Morgan fingerprint density at radius 1 is 0.796 bits per heavy atom. The van der Waals surface area contributed by atoms with Crippen LogP contribution in [-0.2, 0) is 44.2 Å². The summed E-state index contributed by atoms with van der Waals surface area (Å²) in [6, 6.07) is 13.7. The zero-order valence-electron chi connectivity index (χ0n) is 26.5. The van der Waals surface area contributed by atoms with Crippen molar-refractivity contribution < 1.29 is 39.5 Å². The van der Waals surface area contributed by atoms with Crippen molar-refractivity contribution >= 4 is 5.95 Å². The maximum Gasteiger partial charge on any atom is 0.416 e. The van der Waals surface area contributed by atoms with Crippen molar-refractivity contribution in [3.05, 3.63) is 106 Å². The second-order valence-corrected chi connectivity index (χ2v) is 12.2. The molecule has 0 amide bonds. The molecule has 264 valence electrons. The molecule has 1 saturated heterocycles. The van der Waals surface area contributed by atoms with Crippen molar-refractivity contribution in [2.75, 3.05) is 18.0 Å². The van der Waals surface area contributed by atoms with Crippen molar-refractivity contribution in [2.45, 2.75) is 69.4 Å². The van der Waals surface area contributed by atoms with Crippen LogP contribution in [0, 0.1) is 0 Å². The molecule has 1 aliphatic heterocycles. The van der Waals surface area contributed by atoms with Gasteiger partial charge in [0.1, 0.15) is 0 Å². The maximum absolute atomic E-state index is 14.0. The highest BCUT2D eigenvalue weighted by molar-refractivity contribution is 5.42. The fraction of sp³-hybridized carbons (Fsp3) is 0.424. The number of tetrazole rings is 1. The Kier molecular flexibility index (Phi) is 10.0. The summed E-state index contributed by atoms with van der Waals surface area (Å²) in [5.74, 6) is -0.196. The minimum atomic E-state index is -5.09. The Morgan fingerprint density at radius 2 is 1.39 bits per heavy atom. The predicted molar refractivity (Wildman–Crippen MR) is 163 cm³/mol. The van der Waals surface area contributed by atoms with Crippen molar-refractivity contribution in [1.29, 1.82) is 0 Å². The van der Waals surface area contributed by atoms with Crippen molar-refractivity contribution in [3.63, 3.8) is 0 Å². The van der Waals surface area contributed by atoms with E-state index in [0.29, 0.717) is 50.0 Å². The van der Waals surface area contributed by atoms with Crippen LogP contribution >= 0.6 is 0 Å². The number of hydrogen-bond donors (Lipinski definition) is 1. The highest BCUT2D eigenvalue weighted by Gasteiger charge is 2.39. The quantitative estimate of drug-likeness (QED) is 0.179. The second kappa shape index (κ2) is 13.6. The van der Waals surface area contributed by atoms with Gasteiger partial charge in [-0.2, -0.15) is 44.3 Å². The van der Waals surface area contributed by atoms with E-state index in [0.717, 1.165) is 22.5 Å². The summed E-state index contributed by atoms with van der Waals surface area (Å²) in [6.07, 6.45) is -13.3. The molecule has 0 saturated carbocycles. The first-order valence-electron chi connectivity index (χ1n) is 15.4. The Hall–Kier alpha value is -4.18. The van der Waals surface area contributed by atoms with Crippen LogP contribution < -0.4 is 10.6 Å². The number of nitrogens with two attached hydrogens (primary N) is 1. The van der Waals surface area contributed by atoms with E-state index in [-0.39, 0.29) is 30.2 Å². The molecule has 0 radical (unpaired) electrons. The molecule has 0 bridgehead atoms. The molecule has 1 aliphatic rings. The third-order valence-electron chi connectivity index (χ3n) is 8.86. The van der Waals surface area contributed by atoms with Crippen LogP contribution in [0.15, 0.2) is 66.7 Å². The highest BCUT2D eigenvalue weighted by atomic mass is 19.4. The fourth-order valence-corrected chi connectivity index (χ4v) is 6.35. The van der Waals surface area contributed by atoms with Gasteiger partial charge in [0.05, 0.1) is 23.7 Å². The van der Waals surface area contributed by atoms with Crippen molar-refractivity contribution in [3.8, 4) is 0 Å². The predicted octanol–water partition coefficient (Wildman–Crippen LogP) is 7.87. The summed E-state index contributed by atoms with van der Waals surface area (Å²) < 4.78 is 124. The van der Waals surface area contributed by atoms with Gasteiger partial charge in [0.2, 0.25) is 0 Å². The number of nitrogens with zero attached hydrogens (tertiary/aromatic N) is 6. The summed E-state index contributed by atoms with van der Waals surface area (Å²) in [5.41, 5.74) is 3.45. The minimum Gasteiger partial charge on any atom is -0.330 e. The van der Waals surface area contributed by atoms with Gasteiger partial charge in [0.15, 0.2) is 0 Å². The molecule has 1 unspecified atom stereocenters. The van der Waals surface area contributed by atoms with Gasteiger partial charge in [0.25, 0.3) is 5.95 Å². The van der Waals surface area contributed by atoms with Crippen LogP contribution in [0.2, 0.25) is 0 Å². The second-order valence-electron chi connectivity index (χ2n) is 12.2. The Labute approximate surface area is 276 Å². The van der Waals surface area contributed by atoms with Gasteiger partial charge in [-0.1, -0.05) is 48.4 Å². The number of alkyl halides is 9. The number of benzene rings is 3. The van der Waals surface area contributed by atoms with Crippen molar-refractivity contribution in [1.82, 2.24) is 25.1 Å². The van der Waals surface area contributed by atoms with Crippen molar-refractivity contribution in [2.24, 2.45) is 12.8 Å². The van der Waals surface area contributed by atoms with Crippen LogP contribution in [0.4, 0.5) is 45.5 Å². The molecule has 7 nitrogen and oxygen atoms in total. The van der Waals surface area contributed by atoms with E-state index in [4.69, 9.17) is 5.73 Å². The van der Waals surface area contributed by atoms with E-state index in [1.54, 1.807) is 0 Å². The molecule has 1 atom stereocenters. The molecule has 3 aromatic carbocycles. The van der Waals surface area contributed by atoms with Gasteiger partial charge in [-0.3, -0.25) is 4.90 Å². The van der Waals surface area contributed by atoms with E-state index in [9.17, 15) is 39.5 Å². The lowest BCUT2D eigenvalue weighted by Crippen LogP contribution is -2.49. The van der Waals surface area contributed by atoms with Gasteiger partial charge in [-0.25, -0.2) is 0 Å². The zero-order valence-corrected chi connectivity index (χ0v) is 26.5. The summed E-state index contributed by atoms with van der Waals surface area (Å²) in [5, 5.41) is 11.7. The fourth-order valence-electron chi connectivity index (χ4n) is 6.35. The van der Waals surface area contributed by atoms with E-state index >= 15 is 0 Å². The molecule has 16 heteroatoms. The normalized spacial score (nSPS) is 16.5. The lowest BCUT2D eigenvalue weighted by Gasteiger charge is -2.43. The SMILES string of the molecule is CCC(c1ccc(C(F)(F)F)cc1CN(Cc1cc(C(F)(F)F)cc(C(F)(F)F)c1)c1nnn(C)n1)N1CCC(N)(c2ccccc2)CC1. The average molecular weight is 700 g/mol.